The molecule has 0 unspecified atom stereocenters. The van der Waals surface area contributed by atoms with Gasteiger partial charge in [-0.15, -0.1) is 0 Å². The summed E-state index contributed by atoms with van der Waals surface area (Å²) in [5.41, 5.74) is 0.725. The van der Waals surface area contributed by atoms with Gasteiger partial charge in [-0.3, -0.25) is 4.79 Å². The summed E-state index contributed by atoms with van der Waals surface area (Å²) >= 11 is 0. The predicted octanol–water partition coefficient (Wildman–Crippen LogP) is 1.22. The summed E-state index contributed by atoms with van der Waals surface area (Å²) in [5.74, 6) is 1.16. The Kier molecular flexibility index (Phi) is 4.12. The fourth-order valence-corrected chi connectivity index (χ4v) is 2.69. The SMILES string of the molecule is CN1[B]N(c2cccc(C(=O)c3cccc(N4[B]N(C)C=C4)n3)n2)C=C1. The van der Waals surface area contributed by atoms with Crippen molar-refractivity contribution in [2.75, 3.05) is 23.7 Å². The van der Waals surface area contributed by atoms with Crippen LogP contribution in [0.4, 0.5) is 11.6 Å². The number of hydrogen-bond acceptors (Lipinski definition) is 7. The van der Waals surface area contributed by atoms with E-state index in [1.807, 2.05) is 97.5 Å². The molecule has 0 aromatic carbocycles. The molecular weight excluding hydrogens is 326 g/mol. The van der Waals surface area contributed by atoms with Crippen molar-refractivity contribution in [1.29, 1.82) is 0 Å². The third-order valence-electron chi connectivity index (χ3n) is 4.00. The molecule has 2 aliphatic rings. The molecule has 126 valence electrons. The molecule has 0 bridgehead atoms. The lowest BCUT2D eigenvalue weighted by Gasteiger charge is -2.16. The standard InChI is InChI=1S/C17H16B2N6O/c1-22-9-11-24(18-22)15-7-3-5-13(20-15)17(26)14-6-4-8-16(21-14)25-12-10-23(2)19-25/h3-12H,1-2H3. The van der Waals surface area contributed by atoms with Gasteiger partial charge in [-0.1, -0.05) is 12.1 Å². The zero-order valence-electron chi connectivity index (χ0n) is 14.5. The normalized spacial score (nSPS) is 15.5. The van der Waals surface area contributed by atoms with Crippen molar-refractivity contribution in [2.45, 2.75) is 0 Å². The van der Waals surface area contributed by atoms with Crippen molar-refractivity contribution in [1.82, 2.24) is 19.6 Å². The van der Waals surface area contributed by atoms with E-state index in [0.29, 0.717) is 23.0 Å². The first-order valence-electron chi connectivity index (χ1n) is 8.16. The molecule has 0 spiro atoms. The highest BCUT2D eigenvalue weighted by molar-refractivity contribution is 6.41. The topological polar surface area (TPSA) is 55.8 Å². The van der Waals surface area contributed by atoms with E-state index in [0.717, 1.165) is 0 Å². The van der Waals surface area contributed by atoms with Gasteiger partial charge < -0.3 is 19.2 Å². The summed E-state index contributed by atoms with van der Waals surface area (Å²) in [7, 11) is 7.65. The predicted molar refractivity (Wildman–Crippen MR) is 102 cm³/mol. The number of pyridine rings is 2. The van der Waals surface area contributed by atoms with Gasteiger partial charge in [0.2, 0.25) is 5.78 Å². The summed E-state index contributed by atoms with van der Waals surface area (Å²) in [6, 6.07) is 10.8. The fraction of sp³-hybridized carbons (Fsp3) is 0.118. The van der Waals surface area contributed by atoms with Crippen LogP contribution in [0.1, 0.15) is 16.2 Å². The van der Waals surface area contributed by atoms with Crippen molar-refractivity contribution in [3.63, 3.8) is 0 Å². The summed E-state index contributed by atoms with van der Waals surface area (Å²) in [6.07, 6.45) is 7.61. The maximum atomic E-state index is 12.9. The molecule has 0 atom stereocenters. The fourth-order valence-electron chi connectivity index (χ4n) is 2.69. The number of ketones is 1. The highest BCUT2D eigenvalue weighted by Gasteiger charge is 2.20. The van der Waals surface area contributed by atoms with Gasteiger partial charge in [0.15, 0.2) is 0 Å². The van der Waals surface area contributed by atoms with Crippen LogP contribution < -0.4 is 9.62 Å². The van der Waals surface area contributed by atoms with Gasteiger partial charge in [-0.25, -0.2) is 9.97 Å². The van der Waals surface area contributed by atoms with Crippen molar-refractivity contribution in [2.24, 2.45) is 0 Å². The van der Waals surface area contributed by atoms with Crippen LogP contribution in [0, 0.1) is 0 Å². The van der Waals surface area contributed by atoms with Gasteiger partial charge in [0.1, 0.15) is 23.0 Å². The molecule has 0 amide bonds. The second-order valence-electron chi connectivity index (χ2n) is 6.06. The zero-order valence-corrected chi connectivity index (χ0v) is 14.5. The van der Waals surface area contributed by atoms with Crippen LogP contribution in [-0.2, 0) is 0 Å². The monoisotopic (exact) mass is 342 g/mol. The van der Waals surface area contributed by atoms with E-state index >= 15 is 0 Å². The molecular formula is C17H16B2N6O. The van der Waals surface area contributed by atoms with Crippen LogP contribution in [-0.4, -0.2) is 54.6 Å². The molecule has 4 heterocycles. The smallest absolute Gasteiger partial charge is 0.396 e. The van der Waals surface area contributed by atoms with Gasteiger partial charge in [0.25, 0.3) is 0 Å². The molecule has 2 aromatic heterocycles. The van der Waals surface area contributed by atoms with Crippen LogP contribution in [0.15, 0.2) is 61.2 Å². The minimum Gasteiger partial charge on any atom is -0.406 e. The second-order valence-corrected chi connectivity index (χ2v) is 6.06. The molecule has 7 nitrogen and oxygen atoms in total. The zero-order chi connectivity index (χ0) is 18.1. The highest BCUT2D eigenvalue weighted by atomic mass is 16.1. The van der Waals surface area contributed by atoms with Crippen LogP contribution in [0.5, 0.6) is 0 Å². The Morgan fingerprint density at radius 1 is 0.769 bits per heavy atom. The van der Waals surface area contributed by atoms with E-state index in [2.05, 4.69) is 9.97 Å². The number of carbonyl (C=O) groups is 1. The number of rotatable bonds is 4. The van der Waals surface area contributed by atoms with Crippen molar-refractivity contribution >= 4 is 32.5 Å². The molecule has 26 heavy (non-hydrogen) atoms. The van der Waals surface area contributed by atoms with E-state index < -0.39 is 0 Å². The third-order valence-corrected chi connectivity index (χ3v) is 4.00. The first kappa shape index (κ1) is 16.3. The summed E-state index contributed by atoms with van der Waals surface area (Å²) in [4.78, 5) is 29.4. The number of carbonyl (C=O) groups excluding carboxylic acids is 1. The molecule has 4 rings (SSSR count). The average molecular weight is 342 g/mol. The van der Waals surface area contributed by atoms with Crippen molar-refractivity contribution < 1.29 is 4.79 Å². The van der Waals surface area contributed by atoms with Gasteiger partial charge in [0.05, 0.1) is 0 Å². The molecule has 0 fully saturated rings. The van der Waals surface area contributed by atoms with Crippen molar-refractivity contribution in [3.8, 4) is 0 Å². The molecule has 2 radical (unpaired) electrons. The average Bonchev–Trinajstić information content (AvgIpc) is 3.30. The second kappa shape index (κ2) is 6.59. The molecule has 0 aliphatic carbocycles. The van der Waals surface area contributed by atoms with E-state index in [1.54, 1.807) is 12.1 Å². The quantitative estimate of drug-likeness (QED) is 0.612. The van der Waals surface area contributed by atoms with E-state index in [9.17, 15) is 4.79 Å². The largest absolute Gasteiger partial charge is 0.406 e. The highest BCUT2D eigenvalue weighted by Crippen LogP contribution is 2.19. The lowest BCUT2D eigenvalue weighted by Crippen LogP contribution is -2.28. The summed E-state index contributed by atoms with van der Waals surface area (Å²) in [6.45, 7) is 0. The van der Waals surface area contributed by atoms with Crippen LogP contribution in [0.2, 0.25) is 0 Å². The molecule has 2 aliphatic heterocycles. The minimum atomic E-state index is -0.207. The number of hydrogen-bond donors (Lipinski definition) is 0. The van der Waals surface area contributed by atoms with Gasteiger partial charge >= 0.3 is 15.1 Å². The Balaban J connectivity index is 1.58. The maximum absolute atomic E-state index is 12.9. The van der Waals surface area contributed by atoms with Crippen LogP contribution >= 0.6 is 0 Å². The first-order valence-corrected chi connectivity index (χ1v) is 8.16. The Hall–Kier alpha value is -3.22. The van der Waals surface area contributed by atoms with Gasteiger partial charge in [-0.05, 0) is 38.4 Å². The first-order chi connectivity index (χ1) is 12.6. The van der Waals surface area contributed by atoms with E-state index in [-0.39, 0.29) is 5.78 Å². The van der Waals surface area contributed by atoms with E-state index in [1.165, 1.54) is 0 Å². The maximum Gasteiger partial charge on any atom is 0.396 e. The Morgan fingerprint density at radius 2 is 1.23 bits per heavy atom. The lowest BCUT2D eigenvalue weighted by atomic mass is 10.1. The molecule has 9 heteroatoms. The Labute approximate surface area is 153 Å². The molecule has 2 aromatic rings. The number of anilines is 2. The third kappa shape index (κ3) is 3.15. The minimum absolute atomic E-state index is 0.207. The number of aromatic nitrogens is 2. The Bertz CT molecular complexity index is 831. The summed E-state index contributed by atoms with van der Waals surface area (Å²) in [5, 5.41) is 0. The van der Waals surface area contributed by atoms with E-state index in [4.69, 9.17) is 0 Å². The molecule has 0 N–H and O–H groups in total. The number of nitrogens with zero attached hydrogens (tertiary/aromatic N) is 6. The van der Waals surface area contributed by atoms with Crippen LogP contribution in [0.3, 0.4) is 0 Å². The Morgan fingerprint density at radius 3 is 1.62 bits per heavy atom. The van der Waals surface area contributed by atoms with Gasteiger partial charge in [0, 0.05) is 24.8 Å². The molecule has 0 saturated heterocycles. The summed E-state index contributed by atoms with van der Waals surface area (Å²) < 4.78 is 0. The van der Waals surface area contributed by atoms with Gasteiger partial charge in [-0.2, -0.15) is 0 Å². The lowest BCUT2D eigenvalue weighted by molar-refractivity contribution is 0.103. The molecule has 0 saturated carbocycles. The van der Waals surface area contributed by atoms with Crippen LogP contribution in [0.25, 0.3) is 0 Å². The van der Waals surface area contributed by atoms with Crippen molar-refractivity contribution in [3.05, 3.63) is 72.6 Å².